The van der Waals surface area contributed by atoms with Crippen LogP contribution in [-0.4, -0.2) is 9.52 Å². The van der Waals surface area contributed by atoms with E-state index in [4.69, 9.17) is 17.0 Å². The molecule has 0 N–H and O–H groups in total. The molecule has 5 aromatic carbocycles. The first-order valence-electron chi connectivity index (χ1n) is 12.5. The van der Waals surface area contributed by atoms with Crippen LogP contribution in [0.4, 0.5) is 0 Å². The van der Waals surface area contributed by atoms with E-state index >= 15 is 0 Å². The van der Waals surface area contributed by atoms with E-state index in [1.807, 2.05) is 0 Å². The summed E-state index contributed by atoms with van der Waals surface area (Å²) < 4.78 is 0. The van der Waals surface area contributed by atoms with Gasteiger partial charge in [0.1, 0.15) is 0 Å². The van der Waals surface area contributed by atoms with Gasteiger partial charge in [-0.05, 0) is 29.9 Å². The summed E-state index contributed by atoms with van der Waals surface area (Å²) >= 11 is -0.826. The molecule has 0 aliphatic carbocycles. The van der Waals surface area contributed by atoms with Gasteiger partial charge in [-0.1, -0.05) is 75.8 Å². The minimum absolute atomic E-state index is 0.639. The van der Waals surface area contributed by atoms with Crippen molar-refractivity contribution in [2.24, 2.45) is 0 Å². The molecule has 5 rings (SSSR count). The molecule has 2 radical (unpaired) electrons. The maximum Gasteiger partial charge on any atom is -0.0809 e. The fourth-order valence-electron chi connectivity index (χ4n) is 4.05. The molecule has 4 heteroatoms. The smallest absolute Gasteiger partial charge is 0.0809 e. The predicted molar refractivity (Wildman–Crippen MR) is 162 cm³/mol. The number of benzene rings is 3. The second-order valence-electron chi connectivity index (χ2n) is 8.68. The molecule has 0 saturated heterocycles. The van der Waals surface area contributed by atoms with Crippen LogP contribution in [0.15, 0.2) is 97.1 Å². The Kier molecular flexibility index (Phi) is 14.7. The normalized spacial score (nSPS) is 10.8. The Morgan fingerprint density at radius 3 is 2.11 bits per heavy atom. The molecule has 0 nitrogen and oxygen atoms in total. The van der Waals surface area contributed by atoms with Crippen molar-refractivity contribution in [2.75, 3.05) is 0 Å². The van der Waals surface area contributed by atoms with Gasteiger partial charge in [0, 0.05) is 9.52 Å². The summed E-state index contributed by atoms with van der Waals surface area (Å²) in [5.74, 6) is 0.639. The first-order chi connectivity index (χ1) is 17.5. The summed E-state index contributed by atoms with van der Waals surface area (Å²) in [6.45, 7) is 11.1. The van der Waals surface area contributed by atoms with Crippen LogP contribution in [0, 0.1) is 0 Å². The second kappa shape index (κ2) is 17.1. The van der Waals surface area contributed by atoms with Gasteiger partial charge in [0.15, 0.2) is 0 Å². The van der Waals surface area contributed by atoms with Gasteiger partial charge in [0.05, 0.1) is 0 Å². The zero-order chi connectivity index (χ0) is 26.3. The van der Waals surface area contributed by atoms with E-state index in [9.17, 15) is 0 Å². The maximum atomic E-state index is 4.93. The summed E-state index contributed by atoms with van der Waals surface area (Å²) in [7, 11) is 11.0. The summed E-state index contributed by atoms with van der Waals surface area (Å²) in [5.41, 5.74) is 5.53. The molecule has 0 spiro atoms. The monoisotopic (exact) mass is 608 g/mol. The van der Waals surface area contributed by atoms with E-state index < -0.39 is 20.8 Å². The molecule has 0 heterocycles. The summed E-state index contributed by atoms with van der Waals surface area (Å²) in [6.07, 6.45) is 2.29. The largest absolute Gasteiger partial charge is 0.168 e. The van der Waals surface area contributed by atoms with Gasteiger partial charge in [0.2, 0.25) is 0 Å². The Bertz CT molecular complexity index is 1240. The van der Waals surface area contributed by atoms with Crippen molar-refractivity contribution in [1.29, 1.82) is 0 Å². The molecule has 0 bridgehead atoms. The predicted octanol–water partition coefficient (Wildman–Crippen LogP) is 11.0. The summed E-state index contributed by atoms with van der Waals surface area (Å²) in [6, 6.07) is 35.1. The third-order valence-corrected chi connectivity index (χ3v) is 6.17. The van der Waals surface area contributed by atoms with Crippen LogP contribution < -0.4 is 0 Å². The second-order valence-corrected chi connectivity index (χ2v) is 13.4. The fourth-order valence-corrected chi connectivity index (χ4v) is 4.05. The van der Waals surface area contributed by atoms with E-state index in [1.165, 1.54) is 50.2 Å². The van der Waals surface area contributed by atoms with Gasteiger partial charge in [-0.15, -0.1) is 64.2 Å². The topological polar surface area (TPSA) is 0 Å². The molecule has 0 aromatic heterocycles. The van der Waals surface area contributed by atoms with Crippen LogP contribution >= 0.6 is 17.0 Å². The Hall–Kier alpha value is -1.44. The molecule has 1 unspecified atom stereocenters. The van der Waals surface area contributed by atoms with Gasteiger partial charge in [-0.25, -0.2) is 0 Å². The molecule has 1 atom stereocenters. The van der Waals surface area contributed by atoms with E-state index in [1.54, 1.807) is 0 Å². The number of rotatable bonds is 4. The van der Waals surface area contributed by atoms with Gasteiger partial charge >= 0.3 is 37.9 Å². The standard InChI is InChI=1S/C21H23.C9H7.C2H6Si.2ClH.Zr/c1-4-15(3)17-9-11-18(12-10-17)20-8-6-7-19-13-16(5-2)14-21(19)20;1-2-5-9-7-3-6-8(9)4-1;1-3-2;;;/h6-15H,4-5H2,1-3H3;1-7H;1-2H3;2*1H;/q2*-1;;;;+4/p-2. The average molecular weight is 611 g/mol. The Morgan fingerprint density at radius 1 is 0.861 bits per heavy atom. The van der Waals surface area contributed by atoms with Crippen molar-refractivity contribution in [3.8, 4) is 11.1 Å². The third kappa shape index (κ3) is 9.14. The molecular weight excluding hydrogens is 575 g/mol. The number of fused-ring (bicyclic) bond motifs is 2. The van der Waals surface area contributed by atoms with Gasteiger partial charge in [-0.2, -0.15) is 23.6 Å². The van der Waals surface area contributed by atoms with Gasteiger partial charge in [0.25, 0.3) is 0 Å². The van der Waals surface area contributed by atoms with Crippen LogP contribution in [0.1, 0.15) is 44.2 Å². The molecule has 5 aromatic rings. The molecule has 0 aliphatic rings. The zero-order valence-electron chi connectivity index (χ0n) is 22.0. The number of halogens is 2. The van der Waals surface area contributed by atoms with Crippen molar-refractivity contribution in [3.63, 3.8) is 0 Å². The third-order valence-electron chi connectivity index (χ3n) is 6.17. The Balaban J connectivity index is 0.000000250. The molecule has 0 aliphatic heterocycles. The molecule has 0 fully saturated rings. The van der Waals surface area contributed by atoms with E-state index in [2.05, 4.69) is 131 Å². The van der Waals surface area contributed by atoms with Crippen molar-refractivity contribution in [1.82, 2.24) is 0 Å². The minimum atomic E-state index is -0.826. The maximum absolute atomic E-state index is 4.93. The molecule has 0 amide bonds. The quantitative estimate of drug-likeness (QED) is 0.140. The van der Waals surface area contributed by atoms with Crippen molar-refractivity contribution in [2.45, 2.75) is 52.6 Å². The van der Waals surface area contributed by atoms with Crippen molar-refractivity contribution in [3.05, 3.63) is 108 Å². The van der Waals surface area contributed by atoms with Gasteiger partial charge < -0.3 is 0 Å². The van der Waals surface area contributed by atoms with E-state index in [-0.39, 0.29) is 0 Å². The number of aryl methyl sites for hydroxylation is 1. The van der Waals surface area contributed by atoms with Crippen LogP contribution in [-0.2, 0) is 27.3 Å². The van der Waals surface area contributed by atoms with Crippen molar-refractivity contribution < 1.29 is 20.8 Å². The van der Waals surface area contributed by atoms with Crippen LogP contribution in [0.5, 0.6) is 0 Å². The average Bonchev–Trinajstić information content (AvgIpc) is 3.56. The number of hydrogen-bond acceptors (Lipinski definition) is 0. The zero-order valence-corrected chi connectivity index (χ0v) is 27.0. The van der Waals surface area contributed by atoms with Crippen LogP contribution in [0.25, 0.3) is 32.7 Å². The molecular formula is C32H36Cl2SiZr. The van der Waals surface area contributed by atoms with Gasteiger partial charge in [-0.3, -0.25) is 0 Å². The van der Waals surface area contributed by atoms with Crippen molar-refractivity contribution >= 4 is 48.1 Å². The molecule has 0 saturated carbocycles. The summed E-state index contributed by atoms with van der Waals surface area (Å²) in [4.78, 5) is 0. The fraction of sp³-hybridized carbons (Fsp3) is 0.250. The molecule has 186 valence electrons. The first kappa shape index (κ1) is 30.8. The molecule has 36 heavy (non-hydrogen) atoms. The Labute approximate surface area is 239 Å². The van der Waals surface area contributed by atoms with E-state index in [0.29, 0.717) is 5.92 Å². The Morgan fingerprint density at radius 2 is 1.50 bits per heavy atom. The van der Waals surface area contributed by atoms with Crippen LogP contribution in [0.3, 0.4) is 0 Å². The minimum Gasteiger partial charge on any atom is -0.168 e. The van der Waals surface area contributed by atoms with Crippen LogP contribution in [0.2, 0.25) is 13.1 Å². The summed E-state index contributed by atoms with van der Waals surface area (Å²) in [5, 5.41) is 5.40. The van der Waals surface area contributed by atoms with E-state index in [0.717, 1.165) is 15.9 Å². The SMILES string of the molecule is CCc1cc2c(-c3ccc(C(C)CC)cc3)cccc2[cH-]1.C[Si]C.[Cl][Zr+2][Cl].c1ccc2[cH-]ccc2c1. The first-order valence-corrected chi connectivity index (χ1v) is 20.8. The number of hydrogen-bond donors (Lipinski definition) is 0.